The molecule has 1 aromatic rings. The summed E-state index contributed by atoms with van der Waals surface area (Å²) in [5.41, 5.74) is 12.7. The summed E-state index contributed by atoms with van der Waals surface area (Å²) in [4.78, 5) is 103. The molecule has 3 amide bonds. The first-order chi connectivity index (χ1) is 43.5. The van der Waals surface area contributed by atoms with Crippen molar-refractivity contribution in [1.82, 2.24) is 16.0 Å². The minimum absolute atomic E-state index is 0.0154. The molecule has 11 N–H and O–H groups in total. The molecule has 0 fully saturated rings. The van der Waals surface area contributed by atoms with Gasteiger partial charge in [0.05, 0.1) is 44.6 Å². The van der Waals surface area contributed by atoms with Gasteiger partial charge in [0.25, 0.3) is 10.1 Å². The number of hydrogen-bond acceptors (Lipinski definition) is 17. The van der Waals surface area contributed by atoms with Gasteiger partial charge in [-0.15, -0.1) is 0 Å². The Morgan fingerprint density at radius 2 is 1.13 bits per heavy atom. The number of benzene rings is 1. The number of aromatic hydroxyl groups is 1. The van der Waals surface area contributed by atoms with Crippen LogP contribution >= 0.6 is 0 Å². The number of carboxylic acid groups (broad SMARTS) is 1. The number of primary amides is 1. The molecule has 0 aliphatic heterocycles. The van der Waals surface area contributed by atoms with Gasteiger partial charge >= 0.3 is 5.97 Å². The van der Waals surface area contributed by atoms with Crippen LogP contribution in [0.4, 0.5) is 0 Å². The number of nitrogens with two attached hydrogens (primary N) is 2. The average molecular weight is 1310 g/mol. The van der Waals surface area contributed by atoms with Gasteiger partial charge in [-0.2, -0.15) is 8.42 Å². The largest absolute Gasteiger partial charge is 0.508 e. The zero-order chi connectivity index (χ0) is 67.5. The van der Waals surface area contributed by atoms with E-state index >= 15 is 0 Å². The van der Waals surface area contributed by atoms with E-state index in [2.05, 4.69) is 22.5 Å². The number of phenolic OH excluding ortho intramolecular Hbond substituents is 1. The Bertz CT molecular complexity index is 2380. The van der Waals surface area contributed by atoms with Crippen LogP contribution in [0.1, 0.15) is 218 Å². The van der Waals surface area contributed by atoms with E-state index in [1.165, 1.54) is 37.8 Å². The Balaban J connectivity index is 2.28. The van der Waals surface area contributed by atoms with E-state index < -0.39 is 51.7 Å². The zero-order valence-corrected chi connectivity index (χ0v) is 55.7. The molecular formula is C67H114N6O17S. The van der Waals surface area contributed by atoms with Crippen LogP contribution in [0, 0.1) is 29.1 Å². The van der Waals surface area contributed by atoms with Crippen molar-refractivity contribution in [2.24, 2.45) is 35.1 Å². The molecule has 0 aliphatic rings. The number of Topliss-reactive ketones (excluding diaryl/α,β-unsaturated/α-hetero) is 4. The van der Waals surface area contributed by atoms with Gasteiger partial charge in [0.2, 0.25) is 17.7 Å². The molecule has 0 saturated carbocycles. The molecule has 0 aliphatic carbocycles. The second kappa shape index (κ2) is 52.8. The lowest BCUT2D eigenvalue weighted by molar-refractivity contribution is -0.139. The number of carbonyl (C=O) groups excluding carboxylic acids is 7. The van der Waals surface area contributed by atoms with Gasteiger partial charge in [-0.25, -0.2) is 4.79 Å². The molecule has 91 heavy (non-hydrogen) atoms. The van der Waals surface area contributed by atoms with Crippen LogP contribution in [0.25, 0.3) is 0 Å². The van der Waals surface area contributed by atoms with E-state index in [-0.39, 0.29) is 144 Å². The predicted octanol–water partition coefficient (Wildman–Crippen LogP) is 8.97. The van der Waals surface area contributed by atoms with E-state index in [0.717, 1.165) is 70.6 Å². The molecule has 1 aromatic carbocycles. The third-order valence-corrected chi connectivity index (χ3v) is 16.8. The fraction of sp³-hybridized carbons (Fsp3) is 0.746. The van der Waals surface area contributed by atoms with Crippen molar-refractivity contribution in [3.63, 3.8) is 0 Å². The smallest absolute Gasteiger partial charge is 0.326 e. The van der Waals surface area contributed by atoms with Crippen LogP contribution < -0.4 is 27.4 Å². The van der Waals surface area contributed by atoms with Gasteiger partial charge < -0.3 is 56.6 Å². The standard InChI is InChI=1S/C67H114N6O17S/c1-4-5-17-27-57(75)47-54(65(80)52(3)59(29-19-20-30-62(68)69)61(77)48-55(66(70)81)46-53-31-33-56(74)34-32-53)26-21-22-37-71-64(79)50-90-44-41-87-39-24-28-58(76)49-89-43-42-88-40-38-72-63(78)36-35-60(67(82)83)73-51(2)25-18-15-13-11-9-7-6-8-10-12-14-16-23-45-91(84,85)86/h31-34,52,54-55,59-60,73-74H,2,4-30,35-50H2,1,3H3,(H3,68,69)(H2,70,81)(H,71,79)(H,72,78)(H,82,83)(H,84,85,86)/t52?,54-,55-,59-,60+/m1/s1. The number of carboxylic acids is 1. The number of ether oxygens (including phenoxy) is 4. The lowest BCUT2D eigenvalue weighted by atomic mass is 9.75. The van der Waals surface area contributed by atoms with Gasteiger partial charge in [-0.05, 0) is 88.3 Å². The summed E-state index contributed by atoms with van der Waals surface area (Å²) in [5, 5.41) is 35.5. The van der Waals surface area contributed by atoms with Gasteiger partial charge in [0.1, 0.15) is 42.4 Å². The fourth-order valence-corrected chi connectivity index (χ4v) is 11.2. The van der Waals surface area contributed by atoms with E-state index in [1.54, 1.807) is 19.1 Å². The topological polar surface area (TPSA) is 380 Å². The van der Waals surface area contributed by atoms with Crippen molar-refractivity contribution < 1.29 is 80.5 Å². The molecule has 520 valence electrons. The van der Waals surface area contributed by atoms with Crippen molar-refractivity contribution in [2.45, 2.75) is 225 Å². The number of nitrogens with one attached hydrogen (secondary N) is 4. The molecule has 5 atom stereocenters. The summed E-state index contributed by atoms with van der Waals surface area (Å²) in [5.74, 6) is -6.00. The molecule has 0 radical (unpaired) electrons. The summed E-state index contributed by atoms with van der Waals surface area (Å²) in [6.45, 7) is 9.31. The van der Waals surface area contributed by atoms with Crippen molar-refractivity contribution >= 4 is 62.8 Å². The molecule has 0 aromatic heterocycles. The number of amidine groups is 1. The van der Waals surface area contributed by atoms with Gasteiger partial charge in [-0.1, -0.05) is 129 Å². The number of carbonyl (C=O) groups is 8. The number of ketones is 4. The van der Waals surface area contributed by atoms with Crippen LogP contribution in [0.3, 0.4) is 0 Å². The van der Waals surface area contributed by atoms with E-state index in [1.807, 2.05) is 6.92 Å². The molecule has 1 rings (SSSR count). The minimum Gasteiger partial charge on any atom is -0.508 e. The maximum absolute atomic E-state index is 14.4. The van der Waals surface area contributed by atoms with Crippen molar-refractivity contribution in [1.29, 1.82) is 5.41 Å². The van der Waals surface area contributed by atoms with E-state index in [4.69, 9.17) is 40.4 Å². The normalized spacial score (nSPS) is 13.1. The lowest BCUT2D eigenvalue weighted by Gasteiger charge is -2.27. The van der Waals surface area contributed by atoms with Crippen LogP contribution in [0.5, 0.6) is 5.75 Å². The number of aliphatic carboxylic acids is 1. The first-order valence-corrected chi connectivity index (χ1v) is 35.1. The lowest BCUT2D eigenvalue weighted by Crippen LogP contribution is -2.37. The molecule has 0 saturated heterocycles. The van der Waals surface area contributed by atoms with Crippen molar-refractivity contribution in [3.05, 3.63) is 42.1 Å². The first-order valence-electron chi connectivity index (χ1n) is 33.5. The number of amides is 3. The molecule has 0 spiro atoms. The van der Waals surface area contributed by atoms with Crippen LogP contribution in [0.15, 0.2) is 36.5 Å². The highest BCUT2D eigenvalue weighted by Gasteiger charge is 2.36. The minimum atomic E-state index is -3.85. The second-order valence-electron chi connectivity index (χ2n) is 24.1. The number of hydrogen-bond donors (Lipinski definition) is 9. The van der Waals surface area contributed by atoms with Crippen molar-refractivity contribution in [2.75, 3.05) is 71.7 Å². The Kier molecular flexibility index (Phi) is 48.4. The zero-order valence-electron chi connectivity index (χ0n) is 54.9. The SMILES string of the molecule is C=C(CCCCCCCCCCCCCCCS(=O)(=O)O)N[C@@H](CCC(=O)NCCOCCOCC(=O)CCCOCCOCC(=O)NCCCC[C@H](CC(=O)CCCCC)C(=O)C(C)[C@@H](CCCCC(=N)N)C(=O)C[C@@H](Cc1ccc(O)cc1)C(N)=O)C(=O)O. The summed E-state index contributed by atoms with van der Waals surface area (Å²) >= 11 is 0. The maximum Gasteiger partial charge on any atom is 0.326 e. The number of unbranched alkanes of at least 4 members (excludes halogenated alkanes) is 16. The summed E-state index contributed by atoms with van der Waals surface area (Å²) in [6, 6.07) is 5.37. The number of allylic oxidation sites excluding steroid dienone is 1. The second-order valence-corrected chi connectivity index (χ2v) is 25.7. The molecular weight excluding hydrogens is 1190 g/mol. The maximum atomic E-state index is 14.4. The molecule has 0 heterocycles. The third-order valence-electron chi connectivity index (χ3n) is 16.0. The average Bonchev–Trinajstić information content (AvgIpc) is 1.90. The highest BCUT2D eigenvalue weighted by Crippen LogP contribution is 2.31. The summed E-state index contributed by atoms with van der Waals surface area (Å²) < 4.78 is 52.2. The first kappa shape index (κ1) is 83.4. The highest BCUT2D eigenvalue weighted by atomic mass is 32.2. The summed E-state index contributed by atoms with van der Waals surface area (Å²) in [7, 11) is -3.85. The van der Waals surface area contributed by atoms with Gasteiger partial charge in [0.15, 0.2) is 5.78 Å². The number of phenols is 1. The Morgan fingerprint density at radius 1 is 0.582 bits per heavy atom. The Morgan fingerprint density at radius 3 is 1.74 bits per heavy atom. The molecule has 0 bridgehead atoms. The van der Waals surface area contributed by atoms with Crippen LogP contribution in [0.2, 0.25) is 0 Å². The fourth-order valence-electron chi connectivity index (χ4n) is 10.6. The van der Waals surface area contributed by atoms with Gasteiger partial charge in [0, 0.05) is 87.6 Å². The quantitative estimate of drug-likeness (QED) is 0.0127. The van der Waals surface area contributed by atoms with Crippen LogP contribution in [-0.2, 0) is 73.8 Å². The summed E-state index contributed by atoms with van der Waals surface area (Å²) in [6.07, 6.45) is 21.0. The highest BCUT2D eigenvalue weighted by molar-refractivity contribution is 7.85. The number of rotatable bonds is 64. The van der Waals surface area contributed by atoms with Gasteiger partial charge in [-0.3, -0.25) is 43.5 Å². The monoisotopic (exact) mass is 1310 g/mol. The molecule has 24 heteroatoms. The molecule has 23 nitrogen and oxygen atoms in total. The van der Waals surface area contributed by atoms with Crippen molar-refractivity contribution in [3.8, 4) is 5.75 Å². The van der Waals surface area contributed by atoms with E-state index in [9.17, 15) is 57.0 Å². The third kappa shape index (κ3) is 47.0. The Labute approximate surface area is 542 Å². The Hall–Kier alpha value is -5.66. The molecule has 1 unspecified atom stereocenters. The predicted molar refractivity (Wildman–Crippen MR) is 351 cm³/mol. The van der Waals surface area contributed by atoms with E-state index in [0.29, 0.717) is 95.0 Å². The van der Waals surface area contributed by atoms with Crippen LogP contribution in [-0.4, -0.2) is 154 Å².